The number of carbonyl (C=O) groups is 3. The van der Waals surface area contributed by atoms with E-state index < -0.39 is 23.7 Å². The Morgan fingerprint density at radius 2 is 1.62 bits per heavy atom. The summed E-state index contributed by atoms with van der Waals surface area (Å²) in [7, 11) is 1.53. The van der Waals surface area contributed by atoms with E-state index >= 15 is 0 Å². The molecule has 1 heterocycles. The van der Waals surface area contributed by atoms with Gasteiger partial charge in [0.2, 0.25) is 0 Å². The number of methoxy groups -OCH3 is 1. The van der Waals surface area contributed by atoms with Crippen LogP contribution in [-0.2, 0) is 9.63 Å². The van der Waals surface area contributed by atoms with Crippen LogP contribution in [-0.4, -0.2) is 30.0 Å². The third kappa shape index (κ3) is 2.62. The van der Waals surface area contributed by atoms with Gasteiger partial charge in [-0.3, -0.25) is 9.59 Å². The number of hydrogen-bond donors (Lipinski definition) is 0. The van der Waals surface area contributed by atoms with Crippen molar-refractivity contribution in [1.29, 1.82) is 0 Å². The summed E-state index contributed by atoms with van der Waals surface area (Å²) >= 11 is 0. The van der Waals surface area contributed by atoms with Gasteiger partial charge in [0.25, 0.3) is 11.8 Å². The second-order valence-corrected chi connectivity index (χ2v) is 5.36. The summed E-state index contributed by atoms with van der Waals surface area (Å²) in [5, 5.41) is 0.518. The van der Waals surface area contributed by atoms with Crippen LogP contribution in [0.5, 0.6) is 5.75 Å². The molecular formula is C18H15NO5. The molecule has 6 heteroatoms. The van der Waals surface area contributed by atoms with E-state index in [1.165, 1.54) is 19.2 Å². The second kappa shape index (κ2) is 6.16. The highest BCUT2D eigenvalue weighted by atomic mass is 16.7. The summed E-state index contributed by atoms with van der Waals surface area (Å²) in [6.07, 6.45) is 0. The Morgan fingerprint density at radius 1 is 1.00 bits per heavy atom. The van der Waals surface area contributed by atoms with E-state index in [4.69, 9.17) is 9.57 Å². The molecule has 0 N–H and O–H groups in total. The number of imide groups is 1. The standard InChI is InChI=1S/C18H15NO5/c1-11(12-6-5-7-13(10-12)23-2)18(22)24-19-16(20)14-8-3-4-9-15(14)17(19)21/h3-11H,1-2H3. The normalized spacial score (nSPS) is 14.3. The van der Waals surface area contributed by atoms with Crippen molar-refractivity contribution < 1.29 is 24.0 Å². The average molecular weight is 325 g/mol. The van der Waals surface area contributed by atoms with E-state index in [1.54, 1.807) is 43.3 Å². The van der Waals surface area contributed by atoms with Crippen LogP contribution in [0, 0.1) is 0 Å². The molecule has 122 valence electrons. The fourth-order valence-electron chi connectivity index (χ4n) is 2.47. The topological polar surface area (TPSA) is 72.9 Å². The molecule has 2 aromatic carbocycles. The van der Waals surface area contributed by atoms with Crippen molar-refractivity contribution >= 4 is 17.8 Å². The molecule has 24 heavy (non-hydrogen) atoms. The van der Waals surface area contributed by atoms with Gasteiger partial charge in [-0.15, -0.1) is 0 Å². The van der Waals surface area contributed by atoms with Crippen molar-refractivity contribution in [3.63, 3.8) is 0 Å². The molecule has 0 fully saturated rings. The predicted molar refractivity (Wildman–Crippen MR) is 84.4 cm³/mol. The van der Waals surface area contributed by atoms with Gasteiger partial charge in [0, 0.05) is 0 Å². The Hall–Kier alpha value is -3.15. The zero-order valence-corrected chi connectivity index (χ0v) is 13.2. The van der Waals surface area contributed by atoms with Crippen LogP contribution in [0.2, 0.25) is 0 Å². The van der Waals surface area contributed by atoms with Crippen molar-refractivity contribution in [2.45, 2.75) is 12.8 Å². The van der Waals surface area contributed by atoms with Crippen LogP contribution in [0.4, 0.5) is 0 Å². The minimum atomic E-state index is -0.697. The molecule has 2 amide bonds. The number of benzene rings is 2. The summed E-state index contributed by atoms with van der Waals surface area (Å²) in [5.41, 5.74) is 1.12. The number of fused-ring (bicyclic) bond motifs is 1. The number of nitrogens with zero attached hydrogens (tertiary/aromatic N) is 1. The van der Waals surface area contributed by atoms with Crippen molar-refractivity contribution in [2.75, 3.05) is 7.11 Å². The average Bonchev–Trinajstić information content (AvgIpc) is 2.86. The smallest absolute Gasteiger partial charge is 0.340 e. The van der Waals surface area contributed by atoms with Crippen molar-refractivity contribution in [3.05, 3.63) is 65.2 Å². The van der Waals surface area contributed by atoms with Gasteiger partial charge >= 0.3 is 5.97 Å². The van der Waals surface area contributed by atoms with E-state index in [9.17, 15) is 14.4 Å². The minimum absolute atomic E-state index is 0.226. The number of ether oxygens (including phenoxy) is 1. The maximum absolute atomic E-state index is 12.3. The summed E-state index contributed by atoms with van der Waals surface area (Å²) in [4.78, 5) is 41.8. The third-order valence-electron chi connectivity index (χ3n) is 3.89. The molecule has 0 bridgehead atoms. The fraction of sp³-hybridized carbons (Fsp3) is 0.167. The summed E-state index contributed by atoms with van der Waals surface area (Å²) in [6, 6.07) is 13.3. The van der Waals surface area contributed by atoms with E-state index in [2.05, 4.69) is 0 Å². The predicted octanol–water partition coefficient (Wildman–Crippen LogP) is 2.55. The lowest BCUT2D eigenvalue weighted by atomic mass is 10.0. The molecule has 3 rings (SSSR count). The monoisotopic (exact) mass is 325 g/mol. The first-order valence-corrected chi connectivity index (χ1v) is 7.36. The third-order valence-corrected chi connectivity index (χ3v) is 3.89. The number of rotatable bonds is 4. The van der Waals surface area contributed by atoms with Gasteiger partial charge in [0.05, 0.1) is 24.2 Å². The molecule has 0 saturated heterocycles. The molecule has 1 atom stereocenters. The highest BCUT2D eigenvalue weighted by molar-refractivity contribution is 6.20. The lowest BCUT2D eigenvalue weighted by Gasteiger charge is -2.17. The summed E-state index contributed by atoms with van der Waals surface area (Å²) < 4.78 is 5.12. The van der Waals surface area contributed by atoms with Gasteiger partial charge in [0.1, 0.15) is 5.75 Å². The van der Waals surface area contributed by atoms with E-state index in [0.717, 1.165) is 0 Å². The molecule has 1 aliphatic rings. The van der Waals surface area contributed by atoms with Crippen LogP contribution >= 0.6 is 0 Å². The van der Waals surface area contributed by atoms with E-state index in [0.29, 0.717) is 16.4 Å². The van der Waals surface area contributed by atoms with Gasteiger partial charge in [-0.05, 0) is 36.8 Å². The van der Waals surface area contributed by atoms with Crippen LogP contribution in [0.25, 0.3) is 0 Å². The van der Waals surface area contributed by atoms with Gasteiger partial charge in [0.15, 0.2) is 0 Å². The van der Waals surface area contributed by atoms with Crippen molar-refractivity contribution in [3.8, 4) is 5.75 Å². The molecule has 1 aliphatic heterocycles. The Balaban J connectivity index is 1.78. The van der Waals surface area contributed by atoms with E-state index in [-0.39, 0.29) is 11.1 Å². The number of hydrogen-bond acceptors (Lipinski definition) is 5. The molecule has 0 radical (unpaired) electrons. The summed E-state index contributed by atoms with van der Waals surface area (Å²) in [5.74, 6) is -2.03. The first-order valence-electron chi connectivity index (χ1n) is 7.36. The zero-order valence-electron chi connectivity index (χ0n) is 13.2. The SMILES string of the molecule is COc1cccc(C(C)C(=O)ON2C(=O)c3ccccc3C2=O)c1. The summed E-state index contributed by atoms with van der Waals surface area (Å²) in [6.45, 7) is 1.63. The Bertz CT molecular complexity index is 795. The Labute approximate surface area is 138 Å². The lowest BCUT2D eigenvalue weighted by molar-refractivity contribution is -0.170. The minimum Gasteiger partial charge on any atom is -0.497 e. The second-order valence-electron chi connectivity index (χ2n) is 5.36. The van der Waals surface area contributed by atoms with Gasteiger partial charge in [-0.25, -0.2) is 4.79 Å². The lowest BCUT2D eigenvalue weighted by Crippen LogP contribution is -2.34. The zero-order chi connectivity index (χ0) is 17.3. The molecule has 6 nitrogen and oxygen atoms in total. The van der Waals surface area contributed by atoms with Crippen LogP contribution in [0.1, 0.15) is 39.1 Å². The quantitative estimate of drug-likeness (QED) is 0.808. The van der Waals surface area contributed by atoms with Crippen molar-refractivity contribution in [1.82, 2.24) is 5.06 Å². The molecule has 2 aromatic rings. The van der Waals surface area contributed by atoms with Gasteiger partial charge in [-0.1, -0.05) is 29.3 Å². The first-order chi connectivity index (χ1) is 11.5. The van der Waals surface area contributed by atoms with Crippen molar-refractivity contribution in [2.24, 2.45) is 0 Å². The van der Waals surface area contributed by atoms with Gasteiger partial charge < -0.3 is 9.57 Å². The first kappa shape index (κ1) is 15.7. The van der Waals surface area contributed by atoms with Crippen LogP contribution in [0.3, 0.4) is 0 Å². The molecule has 0 saturated carbocycles. The Kier molecular flexibility index (Phi) is 4.04. The maximum Gasteiger partial charge on any atom is 0.340 e. The van der Waals surface area contributed by atoms with E-state index in [1.807, 2.05) is 0 Å². The molecule has 1 unspecified atom stereocenters. The fourth-order valence-corrected chi connectivity index (χ4v) is 2.47. The highest BCUT2D eigenvalue weighted by Crippen LogP contribution is 2.26. The molecule has 0 aliphatic carbocycles. The van der Waals surface area contributed by atoms with Crippen LogP contribution in [0.15, 0.2) is 48.5 Å². The molecule has 0 aromatic heterocycles. The highest BCUT2D eigenvalue weighted by Gasteiger charge is 2.39. The number of hydroxylamine groups is 2. The molecular weight excluding hydrogens is 310 g/mol. The largest absolute Gasteiger partial charge is 0.497 e. The van der Waals surface area contributed by atoms with Gasteiger partial charge in [-0.2, -0.15) is 0 Å². The number of amides is 2. The Morgan fingerprint density at radius 3 is 2.21 bits per heavy atom. The number of carbonyl (C=O) groups excluding carboxylic acids is 3. The molecule has 0 spiro atoms. The maximum atomic E-state index is 12.3. The van der Waals surface area contributed by atoms with Crippen LogP contribution < -0.4 is 4.74 Å².